The van der Waals surface area contributed by atoms with Crippen molar-refractivity contribution in [3.05, 3.63) is 21.9 Å². The van der Waals surface area contributed by atoms with Gasteiger partial charge in [0, 0.05) is 28.7 Å². The van der Waals surface area contributed by atoms with Crippen LogP contribution in [0.1, 0.15) is 36.1 Å². The quantitative estimate of drug-likeness (QED) is 0.819. The van der Waals surface area contributed by atoms with E-state index in [1.807, 2.05) is 23.2 Å². The van der Waals surface area contributed by atoms with Crippen LogP contribution in [-0.4, -0.2) is 29.1 Å². The molecule has 5 heteroatoms. The van der Waals surface area contributed by atoms with Gasteiger partial charge >= 0.3 is 0 Å². The minimum absolute atomic E-state index is 0.0969. The highest BCUT2D eigenvalue weighted by molar-refractivity contribution is 7.99. The van der Waals surface area contributed by atoms with E-state index in [0.29, 0.717) is 25.3 Å². The summed E-state index contributed by atoms with van der Waals surface area (Å²) in [6.07, 6.45) is 3.50. The third kappa shape index (κ3) is 6.13. The second kappa shape index (κ2) is 9.14. The molecular weight excluding hydrogens is 302 g/mol. The Labute approximate surface area is 134 Å². The number of thiophene rings is 1. The minimum Gasteiger partial charge on any atom is -0.395 e. The molecule has 1 aromatic rings. The summed E-state index contributed by atoms with van der Waals surface area (Å²) < 4.78 is 0. The lowest BCUT2D eigenvalue weighted by atomic mass is 9.98. The maximum atomic E-state index is 11.9. The molecule has 0 radical (unpaired) electrons. The van der Waals surface area contributed by atoms with E-state index in [1.165, 1.54) is 24.3 Å². The SMILES string of the molecule is O=C(CC1CCSCC1)NCc1cc(C#CCCO)cs1. The fraction of sp³-hybridized carbons (Fsp3) is 0.562. The van der Waals surface area contributed by atoms with Crippen LogP contribution >= 0.6 is 23.1 Å². The summed E-state index contributed by atoms with van der Waals surface area (Å²) in [6.45, 7) is 0.687. The molecular formula is C16H21NO2S2. The summed E-state index contributed by atoms with van der Waals surface area (Å²) in [5.74, 6) is 9.02. The van der Waals surface area contributed by atoms with Gasteiger partial charge in [-0.2, -0.15) is 11.8 Å². The molecule has 0 saturated carbocycles. The molecule has 2 heterocycles. The van der Waals surface area contributed by atoms with Crippen molar-refractivity contribution >= 4 is 29.0 Å². The Morgan fingerprint density at radius 1 is 1.43 bits per heavy atom. The first-order chi connectivity index (χ1) is 10.3. The molecule has 3 nitrogen and oxygen atoms in total. The highest BCUT2D eigenvalue weighted by atomic mass is 32.2. The highest BCUT2D eigenvalue weighted by Gasteiger charge is 2.17. The van der Waals surface area contributed by atoms with Crippen molar-refractivity contribution < 1.29 is 9.90 Å². The summed E-state index contributed by atoms with van der Waals surface area (Å²) >= 11 is 3.60. The smallest absolute Gasteiger partial charge is 0.220 e. The van der Waals surface area contributed by atoms with Crippen molar-refractivity contribution in [2.24, 2.45) is 5.92 Å². The molecule has 0 atom stereocenters. The van der Waals surface area contributed by atoms with Gasteiger partial charge in [0.15, 0.2) is 0 Å². The van der Waals surface area contributed by atoms with Crippen molar-refractivity contribution in [2.75, 3.05) is 18.1 Å². The Hall–Kier alpha value is -0.960. The average Bonchev–Trinajstić information content (AvgIpc) is 2.94. The molecule has 0 unspecified atom stereocenters. The topological polar surface area (TPSA) is 49.3 Å². The maximum Gasteiger partial charge on any atom is 0.220 e. The first kappa shape index (κ1) is 16.4. The number of carbonyl (C=O) groups excluding carboxylic acids is 1. The van der Waals surface area contributed by atoms with Gasteiger partial charge in [-0.05, 0) is 36.3 Å². The molecule has 0 bridgehead atoms. The normalized spacial score (nSPS) is 15.3. The van der Waals surface area contributed by atoms with Gasteiger partial charge in [-0.15, -0.1) is 11.3 Å². The predicted molar refractivity (Wildman–Crippen MR) is 89.4 cm³/mol. The zero-order valence-corrected chi connectivity index (χ0v) is 13.7. The number of thioether (sulfide) groups is 1. The van der Waals surface area contributed by atoms with Crippen LogP contribution in [0.15, 0.2) is 11.4 Å². The minimum atomic E-state index is 0.0969. The summed E-state index contributed by atoms with van der Waals surface area (Å²) in [4.78, 5) is 13.1. The van der Waals surface area contributed by atoms with Gasteiger partial charge in [-0.25, -0.2) is 0 Å². The Morgan fingerprint density at radius 2 is 2.24 bits per heavy atom. The number of aliphatic hydroxyl groups is 1. The molecule has 114 valence electrons. The lowest BCUT2D eigenvalue weighted by molar-refractivity contribution is -0.122. The molecule has 0 aliphatic carbocycles. The number of amides is 1. The molecule has 1 aromatic heterocycles. The molecule has 1 saturated heterocycles. The van der Waals surface area contributed by atoms with E-state index in [0.717, 1.165) is 10.4 Å². The van der Waals surface area contributed by atoms with Crippen LogP contribution in [0.25, 0.3) is 0 Å². The fourth-order valence-corrected chi connectivity index (χ4v) is 4.19. The number of hydrogen-bond donors (Lipinski definition) is 2. The van der Waals surface area contributed by atoms with Crippen LogP contribution < -0.4 is 5.32 Å². The van der Waals surface area contributed by atoms with Crippen LogP contribution in [0, 0.1) is 17.8 Å². The summed E-state index contributed by atoms with van der Waals surface area (Å²) in [5.41, 5.74) is 0.960. The van der Waals surface area contributed by atoms with Crippen molar-refractivity contribution in [2.45, 2.75) is 32.2 Å². The van der Waals surface area contributed by atoms with Gasteiger partial charge in [-0.1, -0.05) is 11.8 Å². The second-order valence-electron chi connectivity index (χ2n) is 5.11. The molecule has 2 rings (SSSR count). The molecule has 1 aliphatic heterocycles. The summed E-state index contributed by atoms with van der Waals surface area (Å²) in [6, 6.07) is 2.01. The van der Waals surface area contributed by atoms with Crippen LogP contribution in [0.4, 0.5) is 0 Å². The standard InChI is InChI=1S/C16H21NO2S2/c18-6-2-1-3-14-9-15(21-12-14)11-17-16(19)10-13-4-7-20-8-5-13/h9,12-13,18H,2,4-8,10-11H2,(H,17,19). The van der Waals surface area contributed by atoms with Crippen molar-refractivity contribution in [3.63, 3.8) is 0 Å². The third-order valence-electron chi connectivity index (χ3n) is 3.40. The van der Waals surface area contributed by atoms with Crippen molar-refractivity contribution in [3.8, 4) is 11.8 Å². The number of rotatable bonds is 5. The zero-order chi connectivity index (χ0) is 14.9. The van der Waals surface area contributed by atoms with E-state index in [2.05, 4.69) is 17.2 Å². The lowest BCUT2D eigenvalue weighted by Gasteiger charge is -2.20. The van der Waals surface area contributed by atoms with E-state index in [4.69, 9.17) is 5.11 Å². The van der Waals surface area contributed by atoms with E-state index in [1.54, 1.807) is 11.3 Å². The molecule has 0 spiro atoms. The lowest BCUT2D eigenvalue weighted by Crippen LogP contribution is -2.26. The van der Waals surface area contributed by atoms with Crippen molar-refractivity contribution in [1.82, 2.24) is 5.32 Å². The third-order valence-corrected chi connectivity index (χ3v) is 5.38. The van der Waals surface area contributed by atoms with Crippen LogP contribution in [-0.2, 0) is 11.3 Å². The first-order valence-electron chi connectivity index (χ1n) is 7.29. The Balaban J connectivity index is 1.72. The van der Waals surface area contributed by atoms with Crippen molar-refractivity contribution in [1.29, 1.82) is 0 Å². The van der Waals surface area contributed by atoms with Crippen LogP contribution in [0.5, 0.6) is 0 Å². The van der Waals surface area contributed by atoms with Gasteiger partial charge in [0.25, 0.3) is 0 Å². The van der Waals surface area contributed by atoms with E-state index >= 15 is 0 Å². The van der Waals surface area contributed by atoms with Gasteiger partial charge < -0.3 is 10.4 Å². The Bertz CT molecular complexity index is 510. The molecule has 1 amide bonds. The first-order valence-corrected chi connectivity index (χ1v) is 9.33. The highest BCUT2D eigenvalue weighted by Crippen LogP contribution is 2.25. The van der Waals surface area contributed by atoms with Gasteiger partial charge in [0.05, 0.1) is 13.2 Å². The molecule has 1 fully saturated rings. The zero-order valence-electron chi connectivity index (χ0n) is 12.1. The largest absolute Gasteiger partial charge is 0.395 e. The number of nitrogens with one attached hydrogen (secondary N) is 1. The number of hydrogen-bond acceptors (Lipinski definition) is 4. The predicted octanol–water partition coefficient (Wildman–Crippen LogP) is 2.63. The molecule has 0 aromatic carbocycles. The fourth-order valence-electron chi connectivity index (χ4n) is 2.23. The summed E-state index contributed by atoms with van der Waals surface area (Å²) in [7, 11) is 0. The van der Waals surface area contributed by atoms with Gasteiger partial charge in [0.2, 0.25) is 5.91 Å². The van der Waals surface area contributed by atoms with E-state index in [-0.39, 0.29) is 12.5 Å². The Kier molecular flexibility index (Phi) is 7.14. The molecule has 21 heavy (non-hydrogen) atoms. The van der Waals surface area contributed by atoms with Gasteiger partial charge in [0.1, 0.15) is 0 Å². The number of carbonyl (C=O) groups is 1. The summed E-state index contributed by atoms with van der Waals surface area (Å²) in [5, 5.41) is 13.7. The molecule has 2 N–H and O–H groups in total. The van der Waals surface area contributed by atoms with Gasteiger partial charge in [-0.3, -0.25) is 4.79 Å². The maximum absolute atomic E-state index is 11.9. The number of aliphatic hydroxyl groups excluding tert-OH is 1. The van der Waals surface area contributed by atoms with Crippen LogP contribution in [0.3, 0.4) is 0 Å². The average molecular weight is 323 g/mol. The molecule has 1 aliphatic rings. The van der Waals surface area contributed by atoms with E-state index in [9.17, 15) is 4.79 Å². The monoisotopic (exact) mass is 323 g/mol. The van der Waals surface area contributed by atoms with E-state index < -0.39 is 0 Å². The second-order valence-corrected chi connectivity index (χ2v) is 7.33. The Morgan fingerprint density at radius 3 is 3.00 bits per heavy atom. The van der Waals surface area contributed by atoms with Crippen LogP contribution in [0.2, 0.25) is 0 Å².